The van der Waals surface area contributed by atoms with Crippen LogP contribution in [0.3, 0.4) is 0 Å². The summed E-state index contributed by atoms with van der Waals surface area (Å²) in [6, 6.07) is 4.35. The van der Waals surface area contributed by atoms with Gasteiger partial charge in [0.05, 0.1) is 23.2 Å². The number of nitrogens with one attached hydrogen (secondary N) is 1. The van der Waals surface area contributed by atoms with E-state index >= 15 is 0 Å². The maximum Gasteiger partial charge on any atom is 0.416 e. The number of aromatic nitrogens is 1. The summed E-state index contributed by atoms with van der Waals surface area (Å²) in [6.45, 7) is 1.80. The standard InChI is InChI=1S/C13H11F3N2OS/c1-8-11(20-7-17-8)6-12(19)18-10-4-2-9(3-5-10)13(14,15)16/h2-5,7H,6H2,1H3,(H,18,19). The highest BCUT2D eigenvalue weighted by molar-refractivity contribution is 7.09. The highest BCUT2D eigenvalue weighted by Gasteiger charge is 2.29. The molecule has 0 aliphatic heterocycles. The maximum atomic E-state index is 12.4. The van der Waals surface area contributed by atoms with Gasteiger partial charge in [0.15, 0.2) is 0 Å². The van der Waals surface area contributed by atoms with Crippen molar-refractivity contribution in [2.24, 2.45) is 0 Å². The fraction of sp³-hybridized carbons (Fsp3) is 0.231. The third-order valence-corrected chi connectivity index (χ3v) is 3.60. The van der Waals surface area contributed by atoms with Gasteiger partial charge in [0.25, 0.3) is 0 Å². The molecule has 0 aliphatic carbocycles. The molecule has 1 N–H and O–H groups in total. The molecular weight excluding hydrogens is 289 g/mol. The Labute approximate surface area is 117 Å². The molecule has 7 heteroatoms. The van der Waals surface area contributed by atoms with Gasteiger partial charge in [-0.05, 0) is 31.2 Å². The fourth-order valence-corrected chi connectivity index (χ4v) is 2.37. The number of anilines is 1. The first kappa shape index (κ1) is 14.5. The molecule has 0 aliphatic rings. The molecule has 1 amide bonds. The third kappa shape index (κ3) is 3.57. The molecule has 0 atom stereocenters. The molecule has 106 valence electrons. The Hall–Kier alpha value is -1.89. The monoisotopic (exact) mass is 300 g/mol. The lowest BCUT2D eigenvalue weighted by Crippen LogP contribution is -2.14. The molecular formula is C13H11F3N2OS. The number of rotatable bonds is 3. The lowest BCUT2D eigenvalue weighted by Gasteiger charge is -2.08. The van der Waals surface area contributed by atoms with Gasteiger partial charge in [0.1, 0.15) is 0 Å². The minimum atomic E-state index is -4.37. The van der Waals surface area contributed by atoms with Crippen molar-refractivity contribution in [3.63, 3.8) is 0 Å². The molecule has 2 aromatic rings. The van der Waals surface area contributed by atoms with Gasteiger partial charge in [0, 0.05) is 10.6 Å². The molecule has 3 nitrogen and oxygen atoms in total. The largest absolute Gasteiger partial charge is 0.416 e. The van der Waals surface area contributed by atoms with Crippen LogP contribution in [0, 0.1) is 6.92 Å². The van der Waals surface area contributed by atoms with Gasteiger partial charge in [-0.1, -0.05) is 0 Å². The van der Waals surface area contributed by atoms with E-state index in [-0.39, 0.29) is 12.3 Å². The summed E-state index contributed by atoms with van der Waals surface area (Å²) in [5.41, 5.74) is 2.03. The van der Waals surface area contributed by atoms with E-state index in [2.05, 4.69) is 10.3 Å². The quantitative estimate of drug-likeness (QED) is 0.940. The predicted molar refractivity (Wildman–Crippen MR) is 70.6 cm³/mol. The van der Waals surface area contributed by atoms with Gasteiger partial charge in [-0.2, -0.15) is 13.2 Å². The number of halogens is 3. The molecule has 0 saturated heterocycles. The van der Waals surface area contributed by atoms with Gasteiger partial charge in [0.2, 0.25) is 5.91 Å². The molecule has 2 rings (SSSR count). The van der Waals surface area contributed by atoms with Crippen LogP contribution in [0.15, 0.2) is 29.8 Å². The number of aryl methyl sites for hydroxylation is 1. The van der Waals surface area contributed by atoms with Gasteiger partial charge in [-0.25, -0.2) is 4.98 Å². The van der Waals surface area contributed by atoms with Crippen LogP contribution < -0.4 is 5.32 Å². The zero-order valence-electron chi connectivity index (χ0n) is 10.5. The third-order valence-electron chi connectivity index (χ3n) is 2.66. The van der Waals surface area contributed by atoms with Crippen LogP contribution in [-0.2, 0) is 17.4 Å². The maximum absolute atomic E-state index is 12.4. The lowest BCUT2D eigenvalue weighted by atomic mass is 10.2. The molecule has 1 aromatic carbocycles. The van der Waals surface area contributed by atoms with Gasteiger partial charge in [-0.15, -0.1) is 11.3 Å². The fourth-order valence-electron chi connectivity index (χ4n) is 1.59. The van der Waals surface area contributed by atoms with Crippen LogP contribution in [0.5, 0.6) is 0 Å². The molecule has 0 unspecified atom stereocenters. The molecule has 0 fully saturated rings. The highest BCUT2D eigenvalue weighted by atomic mass is 32.1. The second-order valence-corrected chi connectivity index (χ2v) is 5.10. The first-order valence-corrected chi connectivity index (χ1v) is 6.60. The van der Waals surface area contributed by atoms with Gasteiger partial charge < -0.3 is 5.32 Å². The molecule has 0 radical (unpaired) electrons. The van der Waals surface area contributed by atoms with Crippen LogP contribution >= 0.6 is 11.3 Å². The Morgan fingerprint density at radius 1 is 1.30 bits per heavy atom. The minimum absolute atomic E-state index is 0.164. The summed E-state index contributed by atoms with van der Waals surface area (Å²) in [5.74, 6) is -0.280. The van der Waals surface area contributed by atoms with Crippen molar-refractivity contribution in [3.05, 3.63) is 45.9 Å². The number of carbonyl (C=O) groups excluding carboxylic acids is 1. The number of benzene rings is 1. The second-order valence-electron chi connectivity index (χ2n) is 4.16. The van der Waals surface area contributed by atoms with E-state index in [9.17, 15) is 18.0 Å². The van der Waals surface area contributed by atoms with Crippen molar-refractivity contribution in [3.8, 4) is 0 Å². The topological polar surface area (TPSA) is 42.0 Å². The Balaban J connectivity index is 2.00. The summed E-state index contributed by atoms with van der Waals surface area (Å²) in [6.07, 6.45) is -4.21. The second kappa shape index (κ2) is 5.62. The van der Waals surface area contributed by atoms with E-state index < -0.39 is 11.7 Å². The van der Waals surface area contributed by atoms with E-state index in [4.69, 9.17) is 0 Å². The van der Waals surface area contributed by atoms with Crippen LogP contribution in [-0.4, -0.2) is 10.9 Å². The molecule has 20 heavy (non-hydrogen) atoms. The Morgan fingerprint density at radius 3 is 2.45 bits per heavy atom. The van der Waals surface area contributed by atoms with E-state index in [1.165, 1.54) is 23.5 Å². The summed E-state index contributed by atoms with van der Waals surface area (Å²) < 4.78 is 37.2. The number of hydrogen-bond donors (Lipinski definition) is 1. The Kier molecular flexibility index (Phi) is 4.08. The van der Waals surface area contributed by atoms with Crippen molar-refractivity contribution in [1.29, 1.82) is 0 Å². The lowest BCUT2D eigenvalue weighted by molar-refractivity contribution is -0.137. The zero-order valence-corrected chi connectivity index (χ0v) is 11.3. The average molecular weight is 300 g/mol. The Morgan fingerprint density at radius 2 is 1.95 bits per heavy atom. The van der Waals surface area contributed by atoms with Crippen molar-refractivity contribution in [2.75, 3.05) is 5.32 Å². The number of hydrogen-bond acceptors (Lipinski definition) is 3. The molecule has 0 spiro atoms. The Bertz CT molecular complexity index is 605. The van der Waals surface area contributed by atoms with Crippen molar-refractivity contribution < 1.29 is 18.0 Å². The number of alkyl halides is 3. The van der Waals surface area contributed by atoms with E-state index in [0.717, 1.165) is 22.7 Å². The first-order chi connectivity index (χ1) is 9.36. The highest BCUT2D eigenvalue weighted by Crippen LogP contribution is 2.29. The molecule has 0 saturated carbocycles. The van der Waals surface area contributed by atoms with Crippen LogP contribution in [0.2, 0.25) is 0 Å². The van der Waals surface area contributed by atoms with Crippen molar-refractivity contribution in [1.82, 2.24) is 4.98 Å². The molecule has 0 bridgehead atoms. The minimum Gasteiger partial charge on any atom is -0.326 e. The first-order valence-electron chi connectivity index (χ1n) is 5.72. The summed E-state index contributed by atoms with van der Waals surface area (Å²) >= 11 is 1.37. The normalized spacial score (nSPS) is 11.4. The number of thiazole rings is 1. The van der Waals surface area contributed by atoms with E-state index in [1.54, 1.807) is 12.4 Å². The number of nitrogens with zero attached hydrogens (tertiary/aromatic N) is 1. The summed E-state index contributed by atoms with van der Waals surface area (Å²) in [7, 11) is 0. The van der Waals surface area contributed by atoms with E-state index in [0.29, 0.717) is 5.69 Å². The van der Waals surface area contributed by atoms with Gasteiger partial charge >= 0.3 is 6.18 Å². The van der Waals surface area contributed by atoms with Crippen LogP contribution in [0.4, 0.5) is 18.9 Å². The zero-order chi connectivity index (χ0) is 14.8. The summed E-state index contributed by atoms with van der Waals surface area (Å²) in [4.78, 5) is 16.6. The van der Waals surface area contributed by atoms with Crippen molar-refractivity contribution in [2.45, 2.75) is 19.5 Å². The smallest absolute Gasteiger partial charge is 0.326 e. The van der Waals surface area contributed by atoms with Gasteiger partial charge in [-0.3, -0.25) is 4.79 Å². The van der Waals surface area contributed by atoms with Crippen LogP contribution in [0.1, 0.15) is 16.1 Å². The number of carbonyl (C=O) groups is 1. The SMILES string of the molecule is Cc1ncsc1CC(=O)Nc1ccc(C(F)(F)F)cc1. The number of amides is 1. The predicted octanol–water partition coefficient (Wildman–Crippen LogP) is 3.65. The average Bonchev–Trinajstić information content (AvgIpc) is 2.74. The molecule has 1 heterocycles. The van der Waals surface area contributed by atoms with Crippen molar-refractivity contribution >= 4 is 22.9 Å². The molecule has 1 aromatic heterocycles. The summed E-state index contributed by atoms with van der Waals surface area (Å²) in [5, 5.41) is 2.56. The van der Waals surface area contributed by atoms with Crippen LogP contribution in [0.25, 0.3) is 0 Å². The van der Waals surface area contributed by atoms with E-state index in [1.807, 2.05) is 0 Å².